The summed E-state index contributed by atoms with van der Waals surface area (Å²) in [7, 11) is 0. The van der Waals surface area contributed by atoms with E-state index in [1.54, 1.807) is 19.9 Å². The second kappa shape index (κ2) is 5.07. The van der Waals surface area contributed by atoms with Crippen LogP contribution in [0.2, 0.25) is 0 Å². The number of aliphatic hydroxyl groups excluding tert-OH is 1. The second-order valence-corrected chi connectivity index (χ2v) is 4.47. The van der Waals surface area contributed by atoms with Crippen LogP contribution in [0.3, 0.4) is 0 Å². The Balaban J connectivity index is 2.64. The molecular formula is C12H17NO3. The van der Waals surface area contributed by atoms with Crippen molar-refractivity contribution in [3.05, 3.63) is 29.6 Å². The van der Waals surface area contributed by atoms with Crippen LogP contribution in [-0.4, -0.2) is 21.2 Å². The first-order valence-electron chi connectivity index (χ1n) is 5.25. The maximum atomic E-state index is 10.9. The Morgan fingerprint density at radius 3 is 2.56 bits per heavy atom. The van der Waals surface area contributed by atoms with Crippen LogP contribution in [0.15, 0.2) is 18.2 Å². The standard InChI is InChI=1S/C12H17NO3/c1-12(2,11(15)16)7-6-9-4-3-5-10(8-14)13-9/h3-5,14H,6-8H2,1-2H3,(H,15,16). The molecule has 0 atom stereocenters. The lowest BCUT2D eigenvalue weighted by atomic mass is 9.87. The zero-order valence-electron chi connectivity index (χ0n) is 9.60. The van der Waals surface area contributed by atoms with Crippen LogP contribution in [0.4, 0.5) is 0 Å². The second-order valence-electron chi connectivity index (χ2n) is 4.47. The molecule has 1 aromatic heterocycles. The van der Waals surface area contributed by atoms with Gasteiger partial charge < -0.3 is 10.2 Å². The molecule has 1 rings (SSSR count). The monoisotopic (exact) mass is 223 g/mol. The van der Waals surface area contributed by atoms with E-state index in [1.165, 1.54) is 0 Å². The smallest absolute Gasteiger partial charge is 0.309 e. The van der Waals surface area contributed by atoms with Crippen molar-refractivity contribution in [2.24, 2.45) is 5.41 Å². The Bertz CT molecular complexity index is 374. The van der Waals surface area contributed by atoms with Crippen LogP contribution in [0, 0.1) is 5.41 Å². The first-order chi connectivity index (χ1) is 7.45. The molecular weight excluding hydrogens is 206 g/mol. The number of aliphatic carboxylic acids is 1. The molecule has 0 aliphatic rings. The number of nitrogens with zero attached hydrogens (tertiary/aromatic N) is 1. The highest BCUT2D eigenvalue weighted by Gasteiger charge is 2.26. The lowest BCUT2D eigenvalue weighted by Gasteiger charge is -2.18. The Morgan fingerprint density at radius 1 is 1.38 bits per heavy atom. The van der Waals surface area contributed by atoms with Gasteiger partial charge in [-0.2, -0.15) is 0 Å². The van der Waals surface area contributed by atoms with Crippen LogP contribution in [0.1, 0.15) is 31.7 Å². The molecule has 0 fully saturated rings. The Kier molecular flexibility index (Phi) is 4.01. The van der Waals surface area contributed by atoms with Gasteiger partial charge in [0.25, 0.3) is 0 Å². The van der Waals surface area contributed by atoms with Gasteiger partial charge >= 0.3 is 5.97 Å². The first-order valence-corrected chi connectivity index (χ1v) is 5.25. The van der Waals surface area contributed by atoms with Gasteiger partial charge in [-0.05, 0) is 38.8 Å². The van der Waals surface area contributed by atoms with E-state index in [1.807, 2.05) is 12.1 Å². The molecule has 16 heavy (non-hydrogen) atoms. The van der Waals surface area contributed by atoms with E-state index in [9.17, 15) is 4.79 Å². The summed E-state index contributed by atoms with van der Waals surface area (Å²) in [6, 6.07) is 5.41. The predicted octanol–water partition coefficient (Wildman–Crippen LogP) is 1.62. The van der Waals surface area contributed by atoms with Gasteiger partial charge in [-0.25, -0.2) is 0 Å². The van der Waals surface area contributed by atoms with E-state index in [0.717, 1.165) is 5.69 Å². The van der Waals surface area contributed by atoms with E-state index < -0.39 is 11.4 Å². The van der Waals surface area contributed by atoms with E-state index >= 15 is 0 Å². The van der Waals surface area contributed by atoms with E-state index in [-0.39, 0.29) is 6.61 Å². The number of carboxylic acid groups (broad SMARTS) is 1. The zero-order valence-corrected chi connectivity index (χ0v) is 9.60. The lowest BCUT2D eigenvalue weighted by Crippen LogP contribution is -2.24. The van der Waals surface area contributed by atoms with Crippen LogP contribution in [0.25, 0.3) is 0 Å². The molecule has 0 amide bonds. The summed E-state index contributed by atoms with van der Waals surface area (Å²) in [5, 5.41) is 17.9. The molecule has 0 bridgehead atoms. The average Bonchev–Trinajstić information content (AvgIpc) is 2.26. The number of carbonyl (C=O) groups is 1. The molecule has 1 heterocycles. The van der Waals surface area contributed by atoms with Gasteiger partial charge in [0.1, 0.15) is 0 Å². The average molecular weight is 223 g/mol. The summed E-state index contributed by atoms with van der Waals surface area (Å²) in [5.41, 5.74) is 0.697. The minimum atomic E-state index is -0.800. The lowest BCUT2D eigenvalue weighted by molar-refractivity contribution is -0.147. The molecule has 4 heteroatoms. The largest absolute Gasteiger partial charge is 0.481 e. The molecule has 0 saturated carbocycles. The number of rotatable bonds is 5. The van der Waals surface area contributed by atoms with E-state index in [4.69, 9.17) is 10.2 Å². The fourth-order valence-electron chi connectivity index (χ4n) is 1.30. The molecule has 88 valence electrons. The number of pyridine rings is 1. The first kappa shape index (κ1) is 12.6. The quantitative estimate of drug-likeness (QED) is 0.795. The highest BCUT2D eigenvalue weighted by molar-refractivity contribution is 5.73. The van der Waals surface area contributed by atoms with Gasteiger partial charge in [-0.3, -0.25) is 9.78 Å². The normalized spacial score (nSPS) is 11.4. The fourth-order valence-corrected chi connectivity index (χ4v) is 1.30. The zero-order chi connectivity index (χ0) is 12.2. The fraction of sp³-hybridized carbons (Fsp3) is 0.500. The SMILES string of the molecule is CC(C)(CCc1cccc(CO)n1)C(=O)O. The maximum absolute atomic E-state index is 10.9. The molecule has 1 aromatic rings. The van der Waals surface area contributed by atoms with Gasteiger partial charge in [0.15, 0.2) is 0 Å². The van der Waals surface area contributed by atoms with Crippen LogP contribution < -0.4 is 0 Å². The van der Waals surface area contributed by atoms with Crippen molar-refractivity contribution in [1.82, 2.24) is 4.98 Å². The van der Waals surface area contributed by atoms with Crippen molar-refractivity contribution in [3.8, 4) is 0 Å². The summed E-state index contributed by atoms with van der Waals surface area (Å²) in [6.07, 6.45) is 1.14. The van der Waals surface area contributed by atoms with E-state index in [0.29, 0.717) is 18.5 Å². The van der Waals surface area contributed by atoms with Gasteiger partial charge in [0.2, 0.25) is 0 Å². The van der Waals surface area contributed by atoms with Crippen LogP contribution in [0.5, 0.6) is 0 Å². The highest BCUT2D eigenvalue weighted by Crippen LogP contribution is 2.22. The van der Waals surface area contributed by atoms with Gasteiger partial charge in [-0.1, -0.05) is 6.07 Å². The topological polar surface area (TPSA) is 70.4 Å². The Morgan fingerprint density at radius 2 is 2.00 bits per heavy atom. The summed E-state index contributed by atoms with van der Waals surface area (Å²) >= 11 is 0. The number of hydrogen-bond donors (Lipinski definition) is 2. The highest BCUT2D eigenvalue weighted by atomic mass is 16.4. The van der Waals surface area contributed by atoms with Gasteiger partial charge in [-0.15, -0.1) is 0 Å². The molecule has 0 aliphatic carbocycles. The summed E-state index contributed by atoms with van der Waals surface area (Å²) in [4.78, 5) is 15.1. The van der Waals surface area contributed by atoms with Gasteiger partial charge in [0, 0.05) is 5.69 Å². The Hall–Kier alpha value is -1.42. The molecule has 4 nitrogen and oxygen atoms in total. The minimum absolute atomic E-state index is 0.0871. The third kappa shape index (κ3) is 3.31. The molecule has 0 saturated heterocycles. The number of aliphatic hydroxyl groups is 1. The number of carboxylic acids is 1. The molecule has 0 radical (unpaired) electrons. The van der Waals surface area contributed by atoms with Crippen molar-refractivity contribution in [1.29, 1.82) is 0 Å². The predicted molar refractivity (Wildman–Crippen MR) is 59.9 cm³/mol. The molecule has 0 unspecified atom stereocenters. The maximum Gasteiger partial charge on any atom is 0.309 e. The minimum Gasteiger partial charge on any atom is -0.481 e. The molecule has 0 aliphatic heterocycles. The van der Waals surface area contributed by atoms with Crippen molar-refractivity contribution >= 4 is 5.97 Å². The third-order valence-electron chi connectivity index (χ3n) is 2.61. The third-order valence-corrected chi connectivity index (χ3v) is 2.61. The summed E-state index contributed by atoms with van der Waals surface area (Å²) in [5.74, 6) is -0.800. The summed E-state index contributed by atoms with van der Waals surface area (Å²) < 4.78 is 0. The molecule has 2 N–H and O–H groups in total. The van der Waals surface area contributed by atoms with Crippen molar-refractivity contribution in [2.45, 2.75) is 33.3 Å². The van der Waals surface area contributed by atoms with Gasteiger partial charge in [0.05, 0.1) is 17.7 Å². The number of aryl methyl sites for hydroxylation is 1. The Labute approximate surface area is 95.0 Å². The summed E-state index contributed by atoms with van der Waals surface area (Å²) in [6.45, 7) is 3.31. The van der Waals surface area contributed by atoms with Crippen molar-refractivity contribution in [3.63, 3.8) is 0 Å². The van der Waals surface area contributed by atoms with Crippen molar-refractivity contribution < 1.29 is 15.0 Å². The van der Waals surface area contributed by atoms with Crippen LogP contribution in [-0.2, 0) is 17.8 Å². The molecule has 0 aromatic carbocycles. The number of aromatic nitrogens is 1. The number of hydrogen-bond acceptors (Lipinski definition) is 3. The molecule has 0 spiro atoms. The van der Waals surface area contributed by atoms with E-state index in [2.05, 4.69) is 4.98 Å². The van der Waals surface area contributed by atoms with Crippen molar-refractivity contribution in [2.75, 3.05) is 0 Å². The van der Waals surface area contributed by atoms with Crippen LogP contribution >= 0.6 is 0 Å².